The number of rotatable bonds is 4. The summed E-state index contributed by atoms with van der Waals surface area (Å²) in [7, 11) is 1.56. The van der Waals surface area contributed by atoms with Crippen LogP contribution in [0.25, 0.3) is 11.0 Å². The van der Waals surface area contributed by atoms with E-state index in [1.54, 1.807) is 36.5 Å². The van der Waals surface area contributed by atoms with Crippen LogP contribution < -0.4 is 9.47 Å². The first-order chi connectivity index (χ1) is 14.8. The summed E-state index contributed by atoms with van der Waals surface area (Å²) < 4.78 is 18.3. The van der Waals surface area contributed by atoms with Crippen molar-refractivity contribution in [3.05, 3.63) is 30.9 Å². The van der Waals surface area contributed by atoms with E-state index >= 15 is 0 Å². The van der Waals surface area contributed by atoms with Gasteiger partial charge in [0.15, 0.2) is 5.65 Å². The van der Waals surface area contributed by atoms with Crippen LogP contribution in [0.2, 0.25) is 0 Å². The predicted molar refractivity (Wildman–Crippen MR) is 112 cm³/mol. The summed E-state index contributed by atoms with van der Waals surface area (Å²) >= 11 is 0. The van der Waals surface area contributed by atoms with Gasteiger partial charge in [-0.15, -0.1) is 0 Å². The van der Waals surface area contributed by atoms with Crippen LogP contribution in [-0.2, 0) is 4.74 Å². The Morgan fingerprint density at radius 3 is 2.52 bits per heavy atom. The Hall–Kier alpha value is -3.43. The number of pyridine rings is 1. The van der Waals surface area contributed by atoms with Gasteiger partial charge in [0, 0.05) is 19.2 Å². The standard InChI is InChI=1S/C21H26N6O4/c1-21(2,3)31-20(28)26-9-7-14(8-10-26)27-18-16(12-25-27)19(24-13-23-18)30-15-5-6-17(29-4)22-11-15/h5-6,11-14H,7-10H2,1-4H3. The number of likely N-dealkylation sites (tertiary alicyclic amines) is 1. The van der Waals surface area contributed by atoms with E-state index in [0.29, 0.717) is 41.6 Å². The number of aromatic nitrogens is 5. The molecule has 10 nitrogen and oxygen atoms in total. The van der Waals surface area contributed by atoms with Gasteiger partial charge in [0.25, 0.3) is 0 Å². The van der Waals surface area contributed by atoms with Crippen LogP contribution in [0.15, 0.2) is 30.9 Å². The summed E-state index contributed by atoms with van der Waals surface area (Å²) in [6.07, 6.45) is 5.99. The molecular formula is C21H26N6O4. The van der Waals surface area contributed by atoms with Crippen LogP contribution in [0.1, 0.15) is 39.7 Å². The molecule has 0 aromatic carbocycles. The minimum Gasteiger partial charge on any atom is -0.481 e. The molecular weight excluding hydrogens is 400 g/mol. The Kier molecular flexibility index (Phi) is 5.62. The van der Waals surface area contributed by atoms with Crippen LogP contribution in [0.3, 0.4) is 0 Å². The first kappa shape index (κ1) is 20.8. The Morgan fingerprint density at radius 1 is 1.10 bits per heavy atom. The van der Waals surface area contributed by atoms with Gasteiger partial charge in [0.1, 0.15) is 23.1 Å². The molecule has 0 radical (unpaired) electrons. The summed E-state index contributed by atoms with van der Waals surface area (Å²) in [4.78, 5) is 26.9. The number of fused-ring (bicyclic) bond motifs is 1. The summed E-state index contributed by atoms with van der Waals surface area (Å²) in [6, 6.07) is 3.60. The second kappa shape index (κ2) is 8.37. The Labute approximate surface area is 180 Å². The molecule has 0 saturated carbocycles. The summed E-state index contributed by atoms with van der Waals surface area (Å²) in [6.45, 7) is 6.82. The number of nitrogens with zero attached hydrogens (tertiary/aromatic N) is 6. The second-order valence-corrected chi connectivity index (χ2v) is 8.34. The lowest BCUT2D eigenvalue weighted by molar-refractivity contribution is 0.0186. The zero-order chi connectivity index (χ0) is 22.0. The fraction of sp³-hybridized carbons (Fsp3) is 0.476. The topological polar surface area (TPSA) is 104 Å². The molecule has 164 valence electrons. The number of hydrogen-bond donors (Lipinski definition) is 0. The highest BCUT2D eigenvalue weighted by molar-refractivity contribution is 5.80. The van der Waals surface area contributed by atoms with Crippen LogP contribution >= 0.6 is 0 Å². The average Bonchev–Trinajstić information content (AvgIpc) is 3.18. The Bertz CT molecular complexity index is 1050. The van der Waals surface area contributed by atoms with E-state index in [1.807, 2.05) is 25.5 Å². The minimum absolute atomic E-state index is 0.126. The lowest BCUT2D eigenvalue weighted by Crippen LogP contribution is -2.42. The lowest BCUT2D eigenvalue weighted by Gasteiger charge is -2.33. The van der Waals surface area contributed by atoms with Gasteiger partial charge >= 0.3 is 6.09 Å². The molecule has 0 unspecified atom stereocenters. The second-order valence-electron chi connectivity index (χ2n) is 8.34. The highest BCUT2D eigenvalue weighted by Gasteiger charge is 2.29. The van der Waals surface area contributed by atoms with Crippen molar-refractivity contribution in [2.45, 2.75) is 45.3 Å². The summed E-state index contributed by atoms with van der Waals surface area (Å²) in [5.74, 6) is 1.46. The monoisotopic (exact) mass is 426 g/mol. The van der Waals surface area contributed by atoms with Gasteiger partial charge in [-0.05, 0) is 39.7 Å². The molecule has 3 aromatic heterocycles. The van der Waals surface area contributed by atoms with E-state index in [2.05, 4.69) is 20.1 Å². The molecule has 3 aromatic rings. The van der Waals surface area contributed by atoms with E-state index in [4.69, 9.17) is 14.2 Å². The maximum atomic E-state index is 12.3. The highest BCUT2D eigenvalue weighted by atomic mass is 16.6. The quantitative estimate of drug-likeness (QED) is 0.623. The number of carbonyl (C=O) groups is 1. The van der Waals surface area contributed by atoms with Gasteiger partial charge in [-0.25, -0.2) is 24.4 Å². The molecule has 31 heavy (non-hydrogen) atoms. The van der Waals surface area contributed by atoms with Crippen LogP contribution in [-0.4, -0.2) is 61.5 Å². The predicted octanol–water partition coefficient (Wildman–Crippen LogP) is 3.59. The SMILES string of the molecule is COc1ccc(Oc2ncnc3c2cnn3C2CCN(C(=O)OC(C)(C)C)CC2)cn1. The molecule has 4 heterocycles. The van der Waals surface area contributed by atoms with Gasteiger partial charge < -0.3 is 19.1 Å². The smallest absolute Gasteiger partial charge is 0.410 e. The van der Waals surface area contributed by atoms with Crippen molar-refractivity contribution in [2.75, 3.05) is 20.2 Å². The third-order valence-corrected chi connectivity index (χ3v) is 4.95. The highest BCUT2D eigenvalue weighted by Crippen LogP contribution is 2.31. The van der Waals surface area contributed by atoms with Crippen LogP contribution in [0.5, 0.6) is 17.5 Å². The van der Waals surface area contributed by atoms with Crippen LogP contribution in [0.4, 0.5) is 4.79 Å². The van der Waals surface area contributed by atoms with Crippen molar-refractivity contribution in [1.82, 2.24) is 29.6 Å². The molecule has 1 saturated heterocycles. The molecule has 4 rings (SSSR count). The number of methoxy groups -OCH3 is 1. The molecule has 1 aliphatic rings. The van der Waals surface area contributed by atoms with E-state index in [0.717, 1.165) is 12.8 Å². The van der Waals surface area contributed by atoms with Crippen molar-refractivity contribution >= 4 is 17.1 Å². The average molecular weight is 426 g/mol. The van der Waals surface area contributed by atoms with Gasteiger partial charge in [-0.2, -0.15) is 5.10 Å². The normalized spacial score (nSPS) is 15.2. The summed E-state index contributed by atoms with van der Waals surface area (Å²) in [5, 5.41) is 5.26. The van der Waals surface area contributed by atoms with Crippen molar-refractivity contribution in [3.8, 4) is 17.5 Å². The van der Waals surface area contributed by atoms with Gasteiger partial charge in [0.2, 0.25) is 11.8 Å². The molecule has 0 atom stereocenters. The first-order valence-electron chi connectivity index (χ1n) is 10.2. The molecule has 0 bridgehead atoms. The number of amides is 1. The molecule has 1 fully saturated rings. The largest absolute Gasteiger partial charge is 0.481 e. The van der Waals surface area contributed by atoms with Gasteiger partial charge in [-0.3, -0.25) is 0 Å². The number of carbonyl (C=O) groups excluding carboxylic acids is 1. The zero-order valence-corrected chi connectivity index (χ0v) is 18.1. The van der Waals surface area contributed by atoms with Crippen molar-refractivity contribution in [2.24, 2.45) is 0 Å². The van der Waals surface area contributed by atoms with Gasteiger partial charge in [-0.1, -0.05) is 0 Å². The lowest BCUT2D eigenvalue weighted by atomic mass is 10.1. The molecule has 1 amide bonds. The maximum Gasteiger partial charge on any atom is 0.410 e. The first-order valence-corrected chi connectivity index (χ1v) is 10.2. The number of hydrogen-bond acceptors (Lipinski definition) is 8. The van der Waals surface area contributed by atoms with Gasteiger partial charge in [0.05, 0.1) is 25.5 Å². The third kappa shape index (κ3) is 4.68. The zero-order valence-electron chi connectivity index (χ0n) is 18.1. The maximum absolute atomic E-state index is 12.3. The van der Waals surface area contributed by atoms with Crippen molar-refractivity contribution in [3.63, 3.8) is 0 Å². The Morgan fingerprint density at radius 2 is 1.87 bits per heavy atom. The van der Waals surface area contributed by atoms with E-state index in [1.165, 1.54) is 6.33 Å². The summed E-state index contributed by atoms with van der Waals surface area (Å²) in [5.41, 5.74) is 0.195. The van der Waals surface area contributed by atoms with E-state index < -0.39 is 5.60 Å². The molecule has 0 spiro atoms. The van der Waals surface area contributed by atoms with Crippen molar-refractivity contribution < 1.29 is 19.0 Å². The van der Waals surface area contributed by atoms with E-state index in [9.17, 15) is 4.79 Å². The molecule has 10 heteroatoms. The minimum atomic E-state index is -0.501. The number of piperidine rings is 1. The third-order valence-electron chi connectivity index (χ3n) is 4.95. The van der Waals surface area contributed by atoms with E-state index in [-0.39, 0.29) is 12.1 Å². The fourth-order valence-corrected chi connectivity index (χ4v) is 3.47. The molecule has 0 N–H and O–H groups in total. The number of ether oxygens (including phenoxy) is 3. The molecule has 1 aliphatic heterocycles. The van der Waals surface area contributed by atoms with Crippen LogP contribution in [0, 0.1) is 0 Å². The van der Waals surface area contributed by atoms with Crippen molar-refractivity contribution in [1.29, 1.82) is 0 Å². The molecule has 0 aliphatic carbocycles. The Balaban J connectivity index is 1.47. The fourth-order valence-electron chi connectivity index (χ4n) is 3.47.